The van der Waals surface area contributed by atoms with E-state index in [1.165, 1.54) is 24.0 Å². The number of benzene rings is 1. The van der Waals surface area contributed by atoms with E-state index >= 15 is 0 Å². The topological polar surface area (TPSA) is 35.9 Å². The minimum Gasteiger partial charge on any atom is -1.00 e. The summed E-state index contributed by atoms with van der Waals surface area (Å²) in [5.74, 6) is 0.899. The van der Waals surface area contributed by atoms with Crippen LogP contribution in [0.4, 0.5) is 0 Å². The summed E-state index contributed by atoms with van der Waals surface area (Å²) in [5.41, 5.74) is 2.88. The van der Waals surface area contributed by atoms with E-state index < -0.39 is 6.10 Å². The number of aliphatic hydroxyl groups excluding tert-OH is 1. The number of aryl methyl sites for hydroxylation is 2. The van der Waals surface area contributed by atoms with Crippen LogP contribution >= 0.6 is 0 Å². The van der Waals surface area contributed by atoms with Gasteiger partial charge in [-0.3, -0.25) is 4.90 Å². The van der Waals surface area contributed by atoms with Crippen LogP contribution < -0.4 is 17.1 Å². The molecule has 130 valence electrons. The van der Waals surface area contributed by atoms with Crippen LogP contribution in [-0.2, 0) is 12.8 Å². The van der Waals surface area contributed by atoms with Gasteiger partial charge in [-0.25, -0.2) is 0 Å². The molecular formula is C18H28ClN2O2-. The van der Waals surface area contributed by atoms with Crippen LogP contribution in [0.3, 0.4) is 0 Å². The van der Waals surface area contributed by atoms with Crippen LogP contribution in [0.1, 0.15) is 24.5 Å². The van der Waals surface area contributed by atoms with Crippen molar-refractivity contribution >= 4 is 0 Å². The van der Waals surface area contributed by atoms with Gasteiger partial charge in [0.05, 0.1) is 0 Å². The van der Waals surface area contributed by atoms with Gasteiger partial charge in [0, 0.05) is 32.7 Å². The van der Waals surface area contributed by atoms with Crippen molar-refractivity contribution < 1.29 is 22.3 Å². The highest BCUT2D eigenvalue weighted by molar-refractivity contribution is 5.38. The summed E-state index contributed by atoms with van der Waals surface area (Å²) in [5, 5.41) is 10.2. The number of rotatable bonds is 6. The zero-order valence-corrected chi connectivity index (χ0v) is 14.8. The Kier molecular flexibility index (Phi) is 7.15. The van der Waals surface area contributed by atoms with Gasteiger partial charge < -0.3 is 27.2 Å². The van der Waals surface area contributed by atoms with Gasteiger partial charge >= 0.3 is 0 Å². The molecule has 1 aliphatic carbocycles. The van der Waals surface area contributed by atoms with Gasteiger partial charge in [0.1, 0.15) is 18.5 Å². The van der Waals surface area contributed by atoms with E-state index in [4.69, 9.17) is 4.74 Å². The number of nitrogens with zero attached hydrogens (tertiary/aromatic N) is 2. The van der Waals surface area contributed by atoms with E-state index in [2.05, 4.69) is 28.9 Å². The number of halogens is 1. The molecule has 3 rings (SSSR count). The molecule has 1 unspecified atom stereocenters. The summed E-state index contributed by atoms with van der Waals surface area (Å²) in [4.78, 5) is 4.78. The standard InChI is InChI=1S/C18H28N2O2.ClH/c1-2-19-8-10-20(11-9-19)13-17(21)14-22-18-7-6-15-4-3-5-16(15)12-18;/h6-7,12,17,21H,2-5,8-11,13-14H2,1H3;1H/p-1. The fraction of sp³-hybridized carbons (Fsp3) is 0.667. The molecule has 2 aliphatic rings. The first-order valence-corrected chi connectivity index (χ1v) is 8.62. The van der Waals surface area contributed by atoms with Crippen LogP contribution in [0.25, 0.3) is 0 Å². The van der Waals surface area contributed by atoms with Gasteiger partial charge in [0.2, 0.25) is 0 Å². The molecule has 0 saturated carbocycles. The van der Waals surface area contributed by atoms with E-state index in [0.717, 1.165) is 44.9 Å². The van der Waals surface area contributed by atoms with Crippen molar-refractivity contribution in [2.24, 2.45) is 0 Å². The zero-order chi connectivity index (χ0) is 15.4. The summed E-state index contributed by atoms with van der Waals surface area (Å²) in [7, 11) is 0. The largest absolute Gasteiger partial charge is 1.00 e. The van der Waals surface area contributed by atoms with E-state index in [0.29, 0.717) is 13.2 Å². The number of ether oxygens (including phenoxy) is 1. The van der Waals surface area contributed by atoms with Crippen LogP contribution in [0.2, 0.25) is 0 Å². The molecule has 4 nitrogen and oxygen atoms in total. The molecule has 0 bridgehead atoms. The second-order valence-electron chi connectivity index (χ2n) is 6.48. The molecule has 0 radical (unpaired) electrons. The lowest BCUT2D eigenvalue weighted by Crippen LogP contribution is -3.00. The Morgan fingerprint density at radius 1 is 1.09 bits per heavy atom. The average Bonchev–Trinajstić information content (AvgIpc) is 3.01. The lowest BCUT2D eigenvalue weighted by atomic mass is 10.1. The van der Waals surface area contributed by atoms with Gasteiger partial charge in [0.25, 0.3) is 0 Å². The first kappa shape index (κ1) is 18.5. The van der Waals surface area contributed by atoms with Crippen LogP contribution in [0.15, 0.2) is 18.2 Å². The second kappa shape index (κ2) is 8.88. The predicted molar refractivity (Wildman–Crippen MR) is 88.5 cm³/mol. The number of hydrogen-bond donors (Lipinski definition) is 1. The Labute approximate surface area is 145 Å². The van der Waals surface area contributed by atoms with Crippen molar-refractivity contribution in [3.63, 3.8) is 0 Å². The summed E-state index contributed by atoms with van der Waals surface area (Å²) in [6.45, 7) is 8.72. The van der Waals surface area contributed by atoms with Crippen LogP contribution in [-0.4, -0.2) is 66.9 Å². The first-order chi connectivity index (χ1) is 10.7. The highest BCUT2D eigenvalue weighted by Crippen LogP contribution is 2.26. The number of likely N-dealkylation sites (N-methyl/N-ethyl adjacent to an activating group) is 1. The van der Waals surface area contributed by atoms with Crippen molar-refractivity contribution in [2.45, 2.75) is 32.3 Å². The SMILES string of the molecule is CCN1CCN(CC(O)COc2ccc3c(c2)CCC3)CC1.[Cl-]. The number of fused-ring (bicyclic) bond motifs is 1. The van der Waals surface area contributed by atoms with E-state index in [9.17, 15) is 5.11 Å². The minimum absolute atomic E-state index is 0. The second-order valence-corrected chi connectivity index (χ2v) is 6.48. The molecule has 1 saturated heterocycles. The van der Waals surface area contributed by atoms with Gasteiger partial charge in [-0.05, 0) is 49.1 Å². The minimum atomic E-state index is -0.415. The van der Waals surface area contributed by atoms with Crippen molar-refractivity contribution in [1.82, 2.24) is 9.80 Å². The Bertz CT molecular complexity index is 490. The molecular weight excluding hydrogens is 312 g/mol. The number of hydrogen-bond acceptors (Lipinski definition) is 4. The smallest absolute Gasteiger partial charge is 0.119 e. The molecule has 1 atom stereocenters. The number of aliphatic hydroxyl groups is 1. The Balaban J connectivity index is 0.00000192. The number of piperazine rings is 1. The van der Waals surface area contributed by atoms with E-state index in [1.54, 1.807) is 0 Å². The third-order valence-corrected chi connectivity index (χ3v) is 4.89. The van der Waals surface area contributed by atoms with Gasteiger partial charge in [-0.15, -0.1) is 0 Å². The monoisotopic (exact) mass is 339 g/mol. The average molecular weight is 340 g/mol. The molecule has 1 N–H and O–H groups in total. The number of β-amino-alcohol motifs (C(OH)–C–C–N with tert-alkyl or cyclic N) is 1. The molecule has 0 aromatic heterocycles. The first-order valence-electron chi connectivity index (χ1n) is 8.62. The summed E-state index contributed by atoms with van der Waals surface area (Å²) >= 11 is 0. The summed E-state index contributed by atoms with van der Waals surface area (Å²) in [6, 6.07) is 6.36. The van der Waals surface area contributed by atoms with Crippen molar-refractivity contribution in [2.75, 3.05) is 45.9 Å². The highest BCUT2D eigenvalue weighted by Gasteiger charge is 2.18. The van der Waals surface area contributed by atoms with Gasteiger partial charge in [-0.1, -0.05) is 13.0 Å². The van der Waals surface area contributed by atoms with Gasteiger partial charge in [0.15, 0.2) is 0 Å². The molecule has 1 heterocycles. The van der Waals surface area contributed by atoms with Crippen molar-refractivity contribution in [3.8, 4) is 5.75 Å². The van der Waals surface area contributed by atoms with Crippen molar-refractivity contribution in [3.05, 3.63) is 29.3 Å². The zero-order valence-electron chi connectivity index (χ0n) is 14.0. The molecule has 1 aliphatic heterocycles. The lowest BCUT2D eigenvalue weighted by Gasteiger charge is -2.34. The summed E-state index contributed by atoms with van der Waals surface area (Å²) in [6.07, 6.45) is 3.20. The van der Waals surface area contributed by atoms with Gasteiger partial charge in [-0.2, -0.15) is 0 Å². The van der Waals surface area contributed by atoms with Crippen LogP contribution in [0, 0.1) is 0 Å². The maximum Gasteiger partial charge on any atom is 0.119 e. The van der Waals surface area contributed by atoms with E-state index in [-0.39, 0.29) is 12.4 Å². The Morgan fingerprint density at radius 3 is 2.52 bits per heavy atom. The van der Waals surface area contributed by atoms with Crippen LogP contribution in [0.5, 0.6) is 5.75 Å². The van der Waals surface area contributed by atoms with E-state index in [1.807, 2.05) is 6.07 Å². The summed E-state index contributed by atoms with van der Waals surface area (Å²) < 4.78 is 5.79. The quantitative estimate of drug-likeness (QED) is 0.688. The third-order valence-electron chi connectivity index (χ3n) is 4.89. The maximum absolute atomic E-state index is 10.2. The fourth-order valence-electron chi connectivity index (χ4n) is 3.47. The molecule has 1 aromatic rings. The molecule has 1 aromatic carbocycles. The third kappa shape index (κ3) is 5.08. The fourth-order valence-corrected chi connectivity index (χ4v) is 3.47. The highest BCUT2D eigenvalue weighted by atomic mass is 35.5. The molecule has 0 amide bonds. The predicted octanol–water partition coefficient (Wildman–Crippen LogP) is -1.44. The normalized spacial score (nSPS) is 19.9. The maximum atomic E-state index is 10.2. The lowest BCUT2D eigenvalue weighted by molar-refractivity contribution is -0.00000725. The molecule has 0 spiro atoms. The Morgan fingerprint density at radius 2 is 1.78 bits per heavy atom. The molecule has 1 fully saturated rings. The van der Waals surface area contributed by atoms with Crippen molar-refractivity contribution in [1.29, 1.82) is 0 Å². The Hall–Kier alpha value is -0.810. The molecule has 23 heavy (non-hydrogen) atoms. The molecule has 5 heteroatoms.